The lowest BCUT2D eigenvalue weighted by Crippen LogP contribution is -2.64. The summed E-state index contributed by atoms with van der Waals surface area (Å²) < 4.78 is 0. The minimum atomic E-state index is 0.294. The van der Waals surface area contributed by atoms with E-state index < -0.39 is 0 Å². The van der Waals surface area contributed by atoms with Gasteiger partial charge >= 0.3 is 0 Å². The van der Waals surface area contributed by atoms with Crippen LogP contribution in [0, 0.1) is 0 Å². The van der Waals surface area contributed by atoms with E-state index in [0.29, 0.717) is 5.54 Å². The molecule has 1 saturated heterocycles. The first-order valence-corrected chi connectivity index (χ1v) is 8.88. The summed E-state index contributed by atoms with van der Waals surface area (Å²) in [6.45, 7) is 9.43. The van der Waals surface area contributed by atoms with Crippen molar-refractivity contribution in [1.29, 1.82) is 0 Å². The average molecular weight is 270 g/mol. The molecule has 2 fully saturated rings. The second-order valence-electron chi connectivity index (χ2n) is 6.67. The summed E-state index contributed by atoms with van der Waals surface area (Å²) in [4.78, 5) is 2.83. The minimum absolute atomic E-state index is 0.294. The van der Waals surface area contributed by atoms with Crippen LogP contribution in [0.5, 0.6) is 0 Å². The van der Waals surface area contributed by atoms with Gasteiger partial charge in [0.15, 0.2) is 0 Å². The highest BCUT2D eigenvalue weighted by atomic mass is 32.2. The number of hydrogen-bond acceptors (Lipinski definition) is 3. The fraction of sp³-hybridized carbons (Fsp3) is 1.00. The Hall–Kier alpha value is 0.270. The van der Waals surface area contributed by atoms with Gasteiger partial charge in [-0.05, 0) is 52.2 Å². The van der Waals surface area contributed by atoms with E-state index >= 15 is 0 Å². The van der Waals surface area contributed by atoms with Gasteiger partial charge in [-0.25, -0.2) is 0 Å². The zero-order valence-electron chi connectivity index (χ0n) is 12.5. The topological polar surface area (TPSA) is 15.3 Å². The molecule has 0 spiro atoms. The summed E-state index contributed by atoms with van der Waals surface area (Å²) in [6, 6.07) is 1.61. The zero-order chi connectivity index (χ0) is 13.2. The lowest BCUT2D eigenvalue weighted by Gasteiger charge is -2.49. The maximum atomic E-state index is 3.70. The number of rotatable bonds is 3. The highest BCUT2D eigenvalue weighted by Gasteiger charge is 2.36. The maximum absolute atomic E-state index is 3.70. The second kappa shape index (κ2) is 6.15. The lowest BCUT2D eigenvalue weighted by atomic mass is 9.88. The quantitative estimate of drug-likeness (QED) is 0.848. The molecule has 0 amide bonds. The van der Waals surface area contributed by atoms with Gasteiger partial charge in [0.2, 0.25) is 0 Å². The van der Waals surface area contributed by atoms with Crippen LogP contribution in [0.4, 0.5) is 0 Å². The smallest absolute Gasteiger partial charge is 0.0253 e. The molecular formula is C15H30N2S. The maximum Gasteiger partial charge on any atom is 0.0253 e. The Balaban J connectivity index is 1.96. The Bertz CT molecular complexity index is 259. The van der Waals surface area contributed by atoms with Gasteiger partial charge in [0.25, 0.3) is 0 Å². The fourth-order valence-electron chi connectivity index (χ4n) is 3.57. The summed E-state index contributed by atoms with van der Waals surface area (Å²) in [6.07, 6.45) is 9.23. The van der Waals surface area contributed by atoms with Gasteiger partial charge in [0.1, 0.15) is 0 Å². The SMILES string of the molecule is CCC1CNC(C)(C)CN1C1CCC(SC)CC1. The van der Waals surface area contributed by atoms with Crippen LogP contribution in [0.1, 0.15) is 52.9 Å². The monoisotopic (exact) mass is 270 g/mol. The standard InChI is InChI=1S/C15H30N2S/c1-5-12-10-16-15(2,3)11-17(12)13-6-8-14(18-4)9-7-13/h12-14,16H,5-11H2,1-4H3. The summed E-state index contributed by atoms with van der Waals surface area (Å²) >= 11 is 2.07. The third-order valence-electron chi connectivity index (χ3n) is 4.78. The molecule has 1 heterocycles. The Labute approximate surface area is 117 Å². The van der Waals surface area contributed by atoms with Gasteiger partial charge in [0.05, 0.1) is 0 Å². The molecule has 0 aromatic rings. The van der Waals surface area contributed by atoms with Gasteiger partial charge in [-0.15, -0.1) is 0 Å². The van der Waals surface area contributed by atoms with Crippen molar-refractivity contribution in [3.8, 4) is 0 Å². The number of nitrogens with zero attached hydrogens (tertiary/aromatic N) is 1. The van der Waals surface area contributed by atoms with E-state index in [1.54, 1.807) is 0 Å². The Morgan fingerprint density at radius 1 is 1.22 bits per heavy atom. The van der Waals surface area contributed by atoms with Crippen molar-refractivity contribution in [3.63, 3.8) is 0 Å². The Kier molecular flexibility index (Phi) is 5.01. The van der Waals surface area contributed by atoms with Crippen molar-refractivity contribution < 1.29 is 0 Å². The molecule has 1 unspecified atom stereocenters. The van der Waals surface area contributed by atoms with E-state index in [9.17, 15) is 0 Å². The fourth-order valence-corrected chi connectivity index (χ4v) is 4.32. The molecule has 2 nitrogen and oxygen atoms in total. The summed E-state index contributed by atoms with van der Waals surface area (Å²) in [5, 5.41) is 4.63. The van der Waals surface area contributed by atoms with Crippen molar-refractivity contribution in [2.45, 2.75) is 75.7 Å². The van der Waals surface area contributed by atoms with Crippen LogP contribution >= 0.6 is 11.8 Å². The third kappa shape index (κ3) is 3.43. The van der Waals surface area contributed by atoms with Gasteiger partial charge in [-0.1, -0.05) is 6.92 Å². The number of piperazine rings is 1. The predicted octanol–water partition coefficient (Wildman–Crippen LogP) is 3.12. The van der Waals surface area contributed by atoms with E-state index in [0.717, 1.165) is 17.3 Å². The van der Waals surface area contributed by atoms with Crippen LogP contribution in [0.15, 0.2) is 0 Å². The van der Waals surface area contributed by atoms with E-state index in [4.69, 9.17) is 0 Å². The first kappa shape index (κ1) is 14.7. The minimum Gasteiger partial charge on any atom is -0.309 e. The molecule has 1 N–H and O–H groups in total. The average Bonchev–Trinajstić information content (AvgIpc) is 2.38. The van der Waals surface area contributed by atoms with Crippen LogP contribution in [0.3, 0.4) is 0 Å². The molecule has 106 valence electrons. The van der Waals surface area contributed by atoms with Gasteiger partial charge in [0, 0.05) is 36.0 Å². The molecule has 18 heavy (non-hydrogen) atoms. The zero-order valence-corrected chi connectivity index (χ0v) is 13.4. The molecule has 2 rings (SSSR count). The predicted molar refractivity (Wildman–Crippen MR) is 82.4 cm³/mol. The number of thioether (sulfide) groups is 1. The van der Waals surface area contributed by atoms with E-state index in [1.807, 2.05) is 0 Å². The van der Waals surface area contributed by atoms with Crippen LogP contribution in [-0.4, -0.2) is 47.1 Å². The van der Waals surface area contributed by atoms with Crippen molar-refractivity contribution in [2.75, 3.05) is 19.3 Å². The normalized spacial score (nSPS) is 37.7. The van der Waals surface area contributed by atoms with Gasteiger partial charge in [-0.2, -0.15) is 11.8 Å². The summed E-state index contributed by atoms with van der Waals surface area (Å²) in [7, 11) is 0. The van der Waals surface area contributed by atoms with Gasteiger partial charge in [-0.3, -0.25) is 4.90 Å². The highest BCUT2D eigenvalue weighted by molar-refractivity contribution is 7.99. The van der Waals surface area contributed by atoms with Crippen LogP contribution < -0.4 is 5.32 Å². The van der Waals surface area contributed by atoms with Crippen LogP contribution in [0.25, 0.3) is 0 Å². The lowest BCUT2D eigenvalue weighted by molar-refractivity contribution is 0.0371. The van der Waals surface area contributed by atoms with E-state index in [1.165, 1.54) is 45.2 Å². The van der Waals surface area contributed by atoms with Crippen molar-refractivity contribution in [3.05, 3.63) is 0 Å². The van der Waals surface area contributed by atoms with E-state index in [2.05, 4.69) is 49.0 Å². The number of nitrogens with one attached hydrogen (secondary N) is 1. The van der Waals surface area contributed by atoms with Crippen LogP contribution in [-0.2, 0) is 0 Å². The molecule has 3 heteroatoms. The molecule has 2 aliphatic rings. The van der Waals surface area contributed by atoms with Crippen molar-refractivity contribution in [2.24, 2.45) is 0 Å². The van der Waals surface area contributed by atoms with Crippen molar-refractivity contribution in [1.82, 2.24) is 10.2 Å². The van der Waals surface area contributed by atoms with Gasteiger partial charge < -0.3 is 5.32 Å². The third-order valence-corrected chi connectivity index (χ3v) is 5.92. The van der Waals surface area contributed by atoms with Crippen LogP contribution in [0.2, 0.25) is 0 Å². The summed E-state index contributed by atoms with van der Waals surface area (Å²) in [5.74, 6) is 0. The molecular weight excluding hydrogens is 240 g/mol. The molecule has 1 aliphatic carbocycles. The molecule has 1 atom stereocenters. The molecule has 0 bridgehead atoms. The number of hydrogen-bond donors (Lipinski definition) is 1. The Morgan fingerprint density at radius 2 is 1.89 bits per heavy atom. The molecule has 0 aromatic carbocycles. The largest absolute Gasteiger partial charge is 0.309 e. The van der Waals surface area contributed by atoms with Crippen molar-refractivity contribution >= 4 is 11.8 Å². The summed E-state index contributed by atoms with van der Waals surface area (Å²) in [5.41, 5.74) is 0.294. The Morgan fingerprint density at radius 3 is 2.44 bits per heavy atom. The molecule has 0 aromatic heterocycles. The molecule has 0 radical (unpaired) electrons. The molecule has 1 saturated carbocycles. The first-order chi connectivity index (χ1) is 8.55. The first-order valence-electron chi connectivity index (χ1n) is 7.59. The second-order valence-corrected chi connectivity index (χ2v) is 7.80. The highest BCUT2D eigenvalue weighted by Crippen LogP contribution is 2.32. The van der Waals surface area contributed by atoms with E-state index in [-0.39, 0.29) is 0 Å². The molecule has 1 aliphatic heterocycles.